The summed E-state index contributed by atoms with van der Waals surface area (Å²) < 4.78 is 8.27. The summed E-state index contributed by atoms with van der Waals surface area (Å²) in [6.45, 7) is 5.69. The van der Waals surface area contributed by atoms with E-state index in [0.717, 1.165) is 4.47 Å². The summed E-state index contributed by atoms with van der Waals surface area (Å²) in [5.74, 6) is 1.02. The molecular formula is C19H14Br2ClN3O2. The Labute approximate surface area is 177 Å². The van der Waals surface area contributed by atoms with Gasteiger partial charge in [0.05, 0.1) is 26.6 Å². The summed E-state index contributed by atoms with van der Waals surface area (Å²) in [5.41, 5.74) is 1.09. The lowest BCUT2D eigenvalue weighted by Crippen LogP contribution is -2.20. The quantitative estimate of drug-likeness (QED) is 0.344. The van der Waals surface area contributed by atoms with Gasteiger partial charge in [-0.05, 0) is 58.7 Å². The lowest BCUT2D eigenvalue weighted by molar-refractivity contribution is 0.361. The molecule has 0 saturated carbocycles. The fourth-order valence-electron chi connectivity index (χ4n) is 2.45. The Morgan fingerprint density at radius 2 is 2.11 bits per heavy atom. The first-order chi connectivity index (χ1) is 12.9. The number of rotatable bonds is 5. The van der Waals surface area contributed by atoms with Gasteiger partial charge >= 0.3 is 0 Å². The van der Waals surface area contributed by atoms with Gasteiger partial charge in [0.25, 0.3) is 5.56 Å². The molecule has 8 heteroatoms. The highest BCUT2D eigenvalue weighted by Gasteiger charge is 2.10. The SMILES string of the molecule is C=CCOc1c(Cl)cc(C=Nn2c(C)nc3ccc(Br)cc3c2=O)cc1Br. The number of halogens is 3. The topological polar surface area (TPSA) is 56.5 Å². The maximum atomic E-state index is 12.8. The Morgan fingerprint density at radius 3 is 2.81 bits per heavy atom. The van der Waals surface area contributed by atoms with Crippen LogP contribution in [-0.2, 0) is 0 Å². The predicted molar refractivity (Wildman–Crippen MR) is 116 cm³/mol. The van der Waals surface area contributed by atoms with Crippen molar-refractivity contribution in [3.8, 4) is 5.75 Å². The zero-order valence-electron chi connectivity index (χ0n) is 14.2. The first-order valence-corrected chi connectivity index (χ1v) is 9.83. The van der Waals surface area contributed by atoms with E-state index in [0.29, 0.717) is 44.1 Å². The van der Waals surface area contributed by atoms with Gasteiger partial charge in [0, 0.05) is 4.47 Å². The van der Waals surface area contributed by atoms with Gasteiger partial charge in [-0.1, -0.05) is 40.2 Å². The van der Waals surface area contributed by atoms with Gasteiger partial charge in [-0.25, -0.2) is 4.98 Å². The third kappa shape index (κ3) is 4.31. The van der Waals surface area contributed by atoms with Crippen molar-refractivity contribution in [2.75, 3.05) is 6.61 Å². The van der Waals surface area contributed by atoms with Crippen LogP contribution >= 0.6 is 43.5 Å². The molecule has 0 fully saturated rings. The van der Waals surface area contributed by atoms with Gasteiger partial charge in [-0.3, -0.25) is 4.79 Å². The Kier molecular flexibility index (Phi) is 6.14. The minimum Gasteiger partial charge on any atom is -0.487 e. The summed E-state index contributed by atoms with van der Waals surface area (Å²) in [6.07, 6.45) is 3.19. The lowest BCUT2D eigenvalue weighted by atomic mass is 10.2. The van der Waals surface area contributed by atoms with E-state index in [4.69, 9.17) is 16.3 Å². The zero-order valence-corrected chi connectivity index (χ0v) is 18.2. The van der Waals surface area contributed by atoms with Gasteiger partial charge in [-0.2, -0.15) is 9.78 Å². The average molecular weight is 512 g/mol. The fraction of sp³-hybridized carbons (Fsp3) is 0.105. The van der Waals surface area contributed by atoms with E-state index in [1.807, 2.05) is 6.07 Å². The molecule has 0 atom stereocenters. The standard InChI is InChI=1S/C19H14Br2ClN3O2/c1-3-6-27-18-15(21)7-12(8-16(18)22)10-23-25-11(2)24-17-5-4-13(20)9-14(17)19(25)26/h3-5,7-10H,1,6H2,2H3. The van der Waals surface area contributed by atoms with Crippen LogP contribution in [0.4, 0.5) is 0 Å². The van der Waals surface area contributed by atoms with Crippen molar-refractivity contribution >= 4 is 60.6 Å². The molecular weight excluding hydrogens is 497 g/mol. The van der Waals surface area contributed by atoms with Gasteiger partial charge in [-0.15, -0.1) is 0 Å². The third-order valence-corrected chi connectivity index (χ3v) is 5.02. The second kappa shape index (κ2) is 8.37. The molecule has 3 aromatic rings. The van der Waals surface area contributed by atoms with E-state index in [2.05, 4.69) is 48.5 Å². The smallest absolute Gasteiger partial charge is 0.282 e. The number of nitrogens with zero attached hydrogens (tertiary/aromatic N) is 3. The maximum Gasteiger partial charge on any atom is 0.282 e. The van der Waals surface area contributed by atoms with Crippen LogP contribution in [0.1, 0.15) is 11.4 Å². The van der Waals surface area contributed by atoms with Crippen molar-refractivity contribution in [3.05, 3.63) is 78.7 Å². The molecule has 138 valence electrons. The minimum atomic E-state index is -0.244. The number of hydrogen-bond donors (Lipinski definition) is 0. The molecule has 0 aliphatic carbocycles. The van der Waals surface area contributed by atoms with Crippen LogP contribution in [0.2, 0.25) is 5.02 Å². The fourth-order valence-corrected chi connectivity index (χ4v) is 3.80. The van der Waals surface area contributed by atoms with Crippen LogP contribution in [0.5, 0.6) is 5.75 Å². The third-order valence-electron chi connectivity index (χ3n) is 3.66. The van der Waals surface area contributed by atoms with Crippen molar-refractivity contribution in [1.82, 2.24) is 9.66 Å². The first-order valence-electron chi connectivity index (χ1n) is 7.86. The number of benzene rings is 2. The Hall–Kier alpha value is -1.96. The van der Waals surface area contributed by atoms with Crippen LogP contribution in [0.3, 0.4) is 0 Å². The van der Waals surface area contributed by atoms with Crippen molar-refractivity contribution in [2.45, 2.75) is 6.92 Å². The summed E-state index contributed by atoms with van der Waals surface area (Å²) in [7, 11) is 0. The van der Waals surface area contributed by atoms with E-state index < -0.39 is 0 Å². The van der Waals surface area contributed by atoms with Crippen molar-refractivity contribution < 1.29 is 4.74 Å². The van der Waals surface area contributed by atoms with Crippen LogP contribution in [0.25, 0.3) is 10.9 Å². The van der Waals surface area contributed by atoms with Gasteiger partial charge in [0.15, 0.2) is 5.75 Å². The maximum absolute atomic E-state index is 12.8. The molecule has 0 aliphatic rings. The minimum absolute atomic E-state index is 0.244. The van der Waals surface area contributed by atoms with E-state index in [-0.39, 0.29) is 5.56 Å². The highest BCUT2D eigenvalue weighted by molar-refractivity contribution is 9.10. The van der Waals surface area contributed by atoms with Crippen molar-refractivity contribution in [3.63, 3.8) is 0 Å². The number of hydrogen-bond acceptors (Lipinski definition) is 4. The van der Waals surface area contributed by atoms with E-state index >= 15 is 0 Å². The molecule has 0 unspecified atom stereocenters. The zero-order chi connectivity index (χ0) is 19.6. The summed E-state index contributed by atoms with van der Waals surface area (Å²) in [5, 5.41) is 5.21. The molecule has 0 radical (unpaired) electrons. The summed E-state index contributed by atoms with van der Waals surface area (Å²) >= 11 is 13.1. The lowest BCUT2D eigenvalue weighted by Gasteiger charge is -2.09. The molecule has 0 saturated heterocycles. The monoisotopic (exact) mass is 509 g/mol. The average Bonchev–Trinajstić information content (AvgIpc) is 2.62. The summed E-state index contributed by atoms with van der Waals surface area (Å²) in [4.78, 5) is 17.2. The molecule has 3 rings (SSSR count). The van der Waals surface area contributed by atoms with E-state index in [1.54, 1.807) is 43.5 Å². The molecule has 5 nitrogen and oxygen atoms in total. The highest BCUT2D eigenvalue weighted by Crippen LogP contribution is 2.34. The molecule has 0 aliphatic heterocycles. The second-order valence-corrected chi connectivity index (χ2v) is 7.77. The Bertz CT molecular complexity index is 1100. The van der Waals surface area contributed by atoms with Crippen LogP contribution < -0.4 is 10.3 Å². The molecule has 0 spiro atoms. The van der Waals surface area contributed by atoms with E-state index in [9.17, 15) is 4.79 Å². The van der Waals surface area contributed by atoms with Gasteiger partial charge in [0.1, 0.15) is 12.4 Å². The Morgan fingerprint density at radius 1 is 1.33 bits per heavy atom. The first kappa shape index (κ1) is 19.8. The Balaban J connectivity index is 2.01. The van der Waals surface area contributed by atoms with Crippen molar-refractivity contribution in [1.29, 1.82) is 0 Å². The van der Waals surface area contributed by atoms with Crippen molar-refractivity contribution in [2.24, 2.45) is 5.10 Å². The molecule has 1 aromatic heterocycles. The molecule has 1 heterocycles. The second-order valence-electron chi connectivity index (χ2n) is 5.60. The van der Waals surface area contributed by atoms with Gasteiger partial charge < -0.3 is 4.74 Å². The van der Waals surface area contributed by atoms with Crippen LogP contribution in [-0.4, -0.2) is 22.5 Å². The molecule has 0 bridgehead atoms. The normalized spacial score (nSPS) is 11.3. The highest BCUT2D eigenvalue weighted by atomic mass is 79.9. The number of aryl methyl sites for hydroxylation is 1. The molecule has 27 heavy (non-hydrogen) atoms. The number of fused-ring (bicyclic) bond motifs is 1. The summed E-state index contributed by atoms with van der Waals surface area (Å²) in [6, 6.07) is 8.88. The van der Waals surface area contributed by atoms with Crippen LogP contribution in [0.15, 0.2) is 61.8 Å². The number of ether oxygens (including phenoxy) is 1. The predicted octanol–water partition coefficient (Wildman–Crippen LogP) is 5.33. The van der Waals surface area contributed by atoms with Crippen LogP contribution in [0, 0.1) is 6.92 Å². The molecule has 0 amide bonds. The number of aromatic nitrogens is 2. The van der Waals surface area contributed by atoms with Gasteiger partial charge in [0.2, 0.25) is 0 Å². The molecule has 2 aromatic carbocycles. The molecule has 0 N–H and O–H groups in total. The largest absolute Gasteiger partial charge is 0.487 e. The van der Waals surface area contributed by atoms with E-state index in [1.165, 1.54) is 4.68 Å².